The quantitative estimate of drug-likeness (QED) is 0.723. The molecule has 2 aromatic rings. The zero-order valence-electron chi connectivity index (χ0n) is 15.8. The molecule has 9 nitrogen and oxygen atoms in total. The fourth-order valence-electron chi connectivity index (χ4n) is 3.20. The van der Waals surface area contributed by atoms with Crippen LogP contribution in [0.1, 0.15) is 20.3 Å². The van der Waals surface area contributed by atoms with Gasteiger partial charge in [-0.1, -0.05) is 13.8 Å². The zero-order valence-corrected chi connectivity index (χ0v) is 16.6. The molecule has 1 atom stereocenters. The van der Waals surface area contributed by atoms with Gasteiger partial charge in [0.1, 0.15) is 5.82 Å². The fraction of sp³-hybridized carbons (Fsp3) is 0.389. The predicted molar refractivity (Wildman–Crippen MR) is 104 cm³/mol. The molecule has 0 bridgehead atoms. The molecule has 1 aliphatic heterocycles. The molecular weight excluding hydrogens is 382 g/mol. The molecule has 1 aliphatic rings. The van der Waals surface area contributed by atoms with Gasteiger partial charge in [-0.2, -0.15) is 9.40 Å². The van der Waals surface area contributed by atoms with Crippen molar-refractivity contribution < 1.29 is 18.0 Å². The number of rotatable bonds is 7. The first-order valence-electron chi connectivity index (χ1n) is 9.07. The summed E-state index contributed by atoms with van der Waals surface area (Å²) in [7, 11) is -3.55. The third-order valence-corrected chi connectivity index (χ3v) is 6.81. The van der Waals surface area contributed by atoms with Gasteiger partial charge >= 0.3 is 0 Å². The van der Waals surface area contributed by atoms with E-state index in [-0.39, 0.29) is 29.7 Å². The van der Waals surface area contributed by atoms with Crippen molar-refractivity contribution in [1.82, 2.24) is 14.5 Å². The summed E-state index contributed by atoms with van der Waals surface area (Å²) in [6.45, 7) is 4.58. The van der Waals surface area contributed by atoms with E-state index >= 15 is 0 Å². The second-order valence-electron chi connectivity index (χ2n) is 6.45. The van der Waals surface area contributed by atoms with Crippen molar-refractivity contribution in [2.75, 3.05) is 29.9 Å². The van der Waals surface area contributed by atoms with Gasteiger partial charge in [-0.3, -0.25) is 14.7 Å². The van der Waals surface area contributed by atoms with E-state index in [1.165, 1.54) is 27.5 Å². The minimum atomic E-state index is -3.55. The Morgan fingerprint density at radius 3 is 2.50 bits per heavy atom. The first-order chi connectivity index (χ1) is 13.4. The zero-order chi connectivity index (χ0) is 20.3. The molecule has 2 amide bonds. The lowest BCUT2D eigenvalue weighted by molar-refractivity contribution is -0.122. The van der Waals surface area contributed by atoms with E-state index in [4.69, 9.17) is 0 Å². The predicted octanol–water partition coefficient (Wildman–Crippen LogP) is 1.43. The van der Waals surface area contributed by atoms with Crippen molar-refractivity contribution in [1.29, 1.82) is 0 Å². The maximum atomic E-state index is 12.6. The Labute approximate surface area is 163 Å². The van der Waals surface area contributed by atoms with E-state index in [2.05, 4.69) is 15.5 Å². The Hall–Kier alpha value is -2.72. The lowest BCUT2D eigenvalue weighted by Gasteiger charge is -2.20. The fourth-order valence-corrected chi connectivity index (χ4v) is 4.66. The van der Waals surface area contributed by atoms with E-state index in [9.17, 15) is 18.0 Å². The van der Waals surface area contributed by atoms with E-state index in [0.717, 1.165) is 0 Å². The van der Waals surface area contributed by atoms with Crippen LogP contribution >= 0.6 is 0 Å². The minimum Gasteiger partial charge on any atom is -0.312 e. The van der Waals surface area contributed by atoms with Gasteiger partial charge in [-0.15, -0.1) is 0 Å². The molecule has 3 rings (SSSR count). The Kier molecular flexibility index (Phi) is 5.80. The van der Waals surface area contributed by atoms with Crippen LogP contribution in [0.5, 0.6) is 0 Å². The van der Waals surface area contributed by atoms with Crippen molar-refractivity contribution in [3.63, 3.8) is 0 Å². The van der Waals surface area contributed by atoms with Crippen molar-refractivity contribution in [3.8, 4) is 0 Å². The number of amides is 2. The number of nitrogens with zero attached hydrogens (tertiary/aromatic N) is 3. The molecule has 0 radical (unpaired) electrons. The van der Waals surface area contributed by atoms with Crippen molar-refractivity contribution >= 4 is 33.3 Å². The van der Waals surface area contributed by atoms with Gasteiger partial charge in [0.15, 0.2) is 0 Å². The molecule has 10 heteroatoms. The highest BCUT2D eigenvalue weighted by Crippen LogP contribution is 2.27. The average molecular weight is 405 g/mol. The van der Waals surface area contributed by atoms with E-state index < -0.39 is 15.9 Å². The number of carbonyl (C=O) groups excluding carboxylic acids is 2. The number of aromatic amines is 1. The second-order valence-corrected chi connectivity index (χ2v) is 8.39. The number of carbonyl (C=O) groups is 2. The molecule has 1 unspecified atom stereocenters. The van der Waals surface area contributed by atoms with Crippen LogP contribution in [0.4, 0.5) is 11.5 Å². The maximum absolute atomic E-state index is 12.6. The third kappa shape index (κ3) is 3.92. The molecule has 2 heterocycles. The van der Waals surface area contributed by atoms with Gasteiger partial charge in [-0.25, -0.2) is 8.42 Å². The SMILES string of the molecule is CCN(CC)S(=O)(=O)c1ccc(N2CC(C(=O)Nc3ccn[nH]3)CC2=O)cc1. The second kappa shape index (κ2) is 8.11. The molecule has 0 saturated carbocycles. The van der Waals surface area contributed by atoms with E-state index in [1.807, 2.05) is 0 Å². The van der Waals surface area contributed by atoms with Gasteiger partial charge < -0.3 is 10.2 Å². The average Bonchev–Trinajstić information content (AvgIpc) is 3.32. The van der Waals surface area contributed by atoms with Gasteiger partial charge in [0.25, 0.3) is 0 Å². The lowest BCUT2D eigenvalue weighted by atomic mass is 10.1. The highest BCUT2D eigenvalue weighted by Gasteiger charge is 2.35. The number of benzene rings is 1. The number of H-pyrrole nitrogens is 1. The number of sulfonamides is 1. The van der Waals surface area contributed by atoms with Crippen molar-refractivity contribution in [3.05, 3.63) is 36.5 Å². The number of nitrogens with one attached hydrogen (secondary N) is 2. The molecule has 1 saturated heterocycles. The minimum absolute atomic E-state index is 0.0967. The Balaban J connectivity index is 1.72. The highest BCUT2D eigenvalue weighted by atomic mass is 32.2. The molecule has 150 valence electrons. The van der Waals surface area contributed by atoms with Crippen LogP contribution in [0.25, 0.3) is 0 Å². The lowest BCUT2D eigenvalue weighted by Crippen LogP contribution is -2.31. The van der Waals surface area contributed by atoms with Gasteiger partial charge in [0, 0.05) is 37.8 Å². The Bertz CT molecular complexity index is 937. The van der Waals surface area contributed by atoms with Crippen LogP contribution in [0.15, 0.2) is 41.4 Å². The summed E-state index contributed by atoms with van der Waals surface area (Å²) in [5.41, 5.74) is 0.570. The summed E-state index contributed by atoms with van der Waals surface area (Å²) in [6.07, 6.45) is 1.62. The first kappa shape index (κ1) is 20.0. The molecule has 2 N–H and O–H groups in total. The number of aromatic nitrogens is 2. The number of hydrogen-bond acceptors (Lipinski definition) is 5. The highest BCUT2D eigenvalue weighted by molar-refractivity contribution is 7.89. The van der Waals surface area contributed by atoms with Crippen LogP contribution < -0.4 is 10.2 Å². The number of hydrogen-bond donors (Lipinski definition) is 2. The van der Waals surface area contributed by atoms with Crippen molar-refractivity contribution in [2.24, 2.45) is 5.92 Å². The topological polar surface area (TPSA) is 115 Å². The van der Waals surface area contributed by atoms with E-state index in [0.29, 0.717) is 24.6 Å². The van der Waals surface area contributed by atoms with Crippen molar-refractivity contribution in [2.45, 2.75) is 25.2 Å². The monoisotopic (exact) mass is 405 g/mol. The molecule has 1 aromatic heterocycles. The van der Waals surface area contributed by atoms with Crippen LogP contribution in [0, 0.1) is 5.92 Å². The molecule has 1 fully saturated rings. The van der Waals surface area contributed by atoms with Crippen LogP contribution in [0.2, 0.25) is 0 Å². The van der Waals surface area contributed by atoms with Gasteiger partial charge in [0.05, 0.1) is 17.0 Å². The third-order valence-electron chi connectivity index (χ3n) is 4.75. The number of anilines is 2. The summed E-state index contributed by atoms with van der Waals surface area (Å²) in [4.78, 5) is 26.4. The smallest absolute Gasteiger partial charge is 0.243 e. The Morgan fingerprint density at radius 2 is 1.93 bits per heavy atom. The summed E-state index contributed by atoms with van der Waals surface area (Å²) < 4.78 is 26.5. The summed E-state index contributed by atoms with van der Waals surface area (Å²) >= 11 is 0. The molecule has 0 aliphatic carbocycles. The summed E-state index contributed by atoms with van der Waals surface area (Å²) in [5, 5.41) is 9.10. The molecule has 0 spiro atoms. The normalized spacial score (nSPS) is 17.3. The van der Waals surface area contributed by atoms with Crippen LogP contribution in [-0.2, 0) is 19.6 Å². The summed E-state index contributed by atoms with van der Waals surface area (Å²) in [5.74, 6) is -0.457. The Morgan fingerprint density at radius 1 is 1.25 bits per heavy atom. The van der Waals surface area contributed by atoms with Crippen LogP contribution in [-0.4, -0.2) is 54.4 Å². The van der Waals surface area contributed by atoms with Gasteiger partial charge in [0.2, 0.25) is 21.8 Å². The summed E-state index contributed by atoms with van der Waals surface area (Å²) in [6, 6.07) is 7.82. The standard InChI is InChI=1S/C18H23N5O4S/c1-3-22(4-2)28(26,27)15-7-5-14(6-8-15)23-12-13(11-17(23)24)18(25)20-16-9-10-19-21-16/h5-10,13H,3-4,11-12H2,1-2H3,(H2,19,20,21,25). The molecule has 1 aromatic carbocycles. The largest absolute Gasteiger partial charge is 0.312 e. The van der Waals surface area contributed by atoms with E-state index in [1.54, 1.807) is 32.0 Å². The van der Waals surface area contributed by atoms with Crippen LogP contribution in [0.3, 0.4) is 0 Å². The molecular formula is C18H23N5O4S. The maximum Gasteiger partial charge on any atom is 0.243 e. The van der Waals surface area contributed by atoms with Gasteiger partial charge in [-0.05, 0) is 24.3 Å². The first-order valence-corrected chi connectivity index (χ1v) is 10.5. The molecule has 28 heavy (non-hydrogen) atoms.